The summed E-state index contributed by atoms with van der Waals surface area (Å²) in [6, 6.07) is 7.47. The molecule has 0 fully saturated rings. The summed E-state index contributed by atoms with van der Waals surface area (Å²) in [6.45, 7) is 2.33. The standard InChI is InChI=1S/C16H20O5/c1-18-9-10-19-7-4-8-20-12-15(17)14-11-21-16-6-3-2-5-13(14)16/h2-3,5-6,11H,4,7-10,12H2,1H3. The van der Waals surface area contributed by atoms with E-state index >= 15 is 0 Å². The van der Waals surface area contributed by atoms with Crippen LogP contribution >= 0.6 is 0 Å². The van der Waals surface area contributed by atoms with Crippen LogP contribution in [0.2, 0.25) is 0 Å². The summed E-state index contributed by atoms with van der Waals surface area (Å²) < 4.78 is 20.9. The number of hydrogen-bond acceptors (Lipinski definition) is 5. The SMILES string of the molecule is COCCOCCCOCC(=O)c1coc2ccccc12. The molecule has 1 heterocycles. The fourth-order valence-electron chi connectivity index (χ4n) is 1.94. The van der Waals surface area contributed by atoms with Gasteiger partial charge in [0, 0.05) is 25.7 Å². The molecule has 0 spiro atoms. The second kappa shape index (κ2) is 8.56. The highest BCUT2D eigenvalue weighted by atomic mass is 16.5. The van der Waals surface area contributed by atoms with E-state index in [0.29, 0.717) is 37.6 Å². The molecule has 0 saturated heterocycles. The lowest BCUT2D eigenvalue weighted by Gasteiger charge is -2.04. The summed E-state index contributed by atoms with van der Waals surface area (Å²) in [4.78, 5) is 12.1. The zero-order chi connectivity index (χ0) is 14.9. The molecule has 0 bridgehead atoms. The van der Waals surface area contributed by atoms with Gasteiger partial charge in [-0.3, -0.25) is 4.79 Å². The normalized spacial score (nSPS) is 11.1. The van der Waals surface area contributed by atoms with Gasteiger partial charge in [-0.2, -0.15) is 0 Å². The molecule has 2 rings (SSSR count). The van der Waals surface area contributed by atoms with E-state index in [1.807, 2.05) is 24.3 Å². The third-order valence-electron chi connectivity index (χ3n) is 3.02. The van der Waals surface area contributed by atoms with E-state index in [1.54, 1.807) is 7.11 Å². The van der Waals surface area contributed by atoms with Crippen LogP contribution in [0.15, 0.2) is 34.9 Å². The average Bonchev–Trinajstić information content (AvgIpc) is 2.94. The highest BCUT2D eigenvalue weighted by Crippen LogP contribution is 2.21. The molecule has 0 radical (unpaired) electrons. The Labute approximate surface area is 123 Å². The summed E-state index contributed by atoms with van der Waals surface area (Å²) in [5.74, 6) is -0.0692. The predicted octanol–water partition coefficient (Wildman–Crippen LogP) is 2.69. The summed E-state index contributed by atoms with van der Waals surface area (Å²) >= 11 is 0. The highest BCUT2D eigenvalue weighted by molar-refractivity contribution is 6.07. The number of furan rings is 1. The van der Waals surface area contributed by atoms with Crippen molar-refractivity contribution in [1.29, 1.82) is 0 Å². The van der Waals surface area contributed by atoms with Crippen LogP contribution < -0.4 is 0 Å². The Morgan fingerprint density at radius 1 is 1.10 bits per heavy atom. The molecule has 0 aliphatic heterocycles. The van der Waals surface area contributed by atoms with Crippen molar-refractivity contribution in [3.8, 4) is 0 Å². The Kier molecular flexibility index (Phi) is 6.40. The predicted molar refractivity (Wildman–Crippen MR) is 78.7 cm³/mol. The van der Waals surface area contributed by atoms with E-state index in [-0.39, 0.29) is 12.4 Å². The van der Waals surface area contributed by atoms with Crippen LogP contribution in [0.5, 0.6) is 0 Å². The number of fused-ring (bicyclic) bond motifs is 1. The first-order valence-electron chi connectivity index (χ1n) is 6.97. The minimum absolute atomic E-state index is 0.0571. The van der Waals surface area contributed by atoms with Gasteiger partial charge in [-0.05, 0) is 12.5 Å². The Balaban J connectivity index is 1.68. The van der Waals surface area contributed by atoms with Gasteiger partial charge in [0.05, 0.1) is 18.8 Å². The van der Waals surface area contributed by atoms with Gasteiger partial charge in [0.15, 0.2) is 5.78 Å². The maximum Gasteiger partial charge on any atom is 0.192 e. The van der Waals surface area contributed by atoms with Gasteiger partial charge in [0.2, 0.25) is 0 Å². The first-order valence-corrected chi connectivity index (χ1v) is 6.97. The molecular formula is C16H20O5. The van der Waals surface area contributed by atoms with Gasteiger partial charge in [0.1, 0.15) is 18.5 Å². The van der Waals surface area contributed by atoms with Crippen molar-refractivity contribution in [2.75, 3.05) is 40.1 Å². The molecule has 0 aliphatic carbocycles. The Hall–Kier alpha value is -1.69. The summed E-state index contributed by atoms with van der Waals surface area (Å²) in [5, 5.41) is 0.828. The molecule has 0 unspecified atom stereocenters. The van der Waals surface area contributed by atoms with Crippen LogP contribution in [0, 0.1) is 0 Å². The molecule has 2 aromatic rings. The van der Waals surface area contributed by atoms with Crippen molar-refractivity contribution in [2.24, 2.45) is 0 Å². The number of rotatable bonds is 10. The minimum atomic E-state index is -0.0692. The minimum Gasteiger partial charge on any atom is -0.464 e. The van der Waals surface area contributed by atoms with Crippen molar-refractivity contribution in [1.82, 2.24) is 0 Å². The third-order valence-corrected chi connectivity index (χ3v) is 3.02. The van der Waals surface area contributed by atoms with Crippen molar-refractivity contribution in [3.05, 3.63) is 36.1 Å². The van der Waals surface area contributed by atoms with E-state index in [4.69, 9.17) is 18.6 Å². The smallest absolute Gasteiger partial charge is 0.192 e. The second-order valence-electron chi connectivity index (χ2n) is 4.58. The average molecular weight is 292 g/mol. The summed E-state index contributed by atoms with van der Waals surface area (Å²) in [7, 11) is 1.64. The molecule has 114 valence electrons. The van der Waals surface area contributed by atoms with Crippen molar-refractivity contribution in [2.45, 2.75) is 6.42 Å². The number of ketones is 1. The highest BCUT2D eigenvalue weighted by Gasteiger charge is 2.13. The molecule has 0 amide bonds. The lowest BCUT2D eigenvalue weighted by molar-refractivity contribution is 0.0489. The zero-order valence-corrected chi connectivity index (χ0v) is 12.2. The monoisotopic (exact) mass is 292 g/mol. The number of ether oxygens (including phenoxy) is 3. The van der Waals surface area contributed by atoms with E-state index in [1.165, 1.54) is 6.26 Å². The lowest BCUT2D eigenvalue weighted by Crippen LogP contribution is -2.11. The third kappa shape index (κ3) is 4.67. The number of hydrogen-bond donors (Lipinski definition) is 0. The van der Waals surface area contributed by atoms with Crippen LogP contribution in [0.3, 0.4) is 0 Å². The van der Waals surface area contributed by atoms with E-state index in [9.17, 15) is 4.79 Å². The first-order chi connectivity index (χ1) is 10.3. The Morgan fingerprint density at radius 2 is 1.90 bits per heavy atom. The van der Waals surface area contributed by atoms with Crippen molar-refractivity contribution < 1.29 is 23.4 Å². The first kappa shape index (κ1) is 15.7. The molecule has 0 aliphatic rings. The number of carbonyl (C=O) groups is 1. The molecule has 0 atom stereocenters. The van der Waals surface area contributed by atoms with Crippen LogP contribution in [0.1, 0.15) is 16.8 Å². The largest absolute Gasteiger partial charge is 0.464 e. The quantitative estimate of drug-likeness (QED) is 0.498. The van der Waals surface area contributed by atoms with E-state index in [0.717, 1.165) is 11.8 Å². The topological polar surface area (TPSA) is 57.9 Å². The van der Waals surface area contributed by atoms with Gasteiger partial charge in [0.25, 0.3) is 0 Å². The van der Waals surface area contributed by atoms with Crippen LogP contribution in [0.25, 0.3) is 11.0 Å². The molecule has 1 aromatic carbocycles. The van der Waals surface area contributed by atoms with Crippen LogP contribution in [-0.2, 0) is 14.2 Å². The maximum atomic E-state index is 12.1. The number of para-hydroxylation sites is 1. The van der Waals surface area contributed by atoms with Gasteiger partial charge in [-0.15, -0.1) is 0 Å². The summed E-state index contributed by atoms with van der Waals surface area (Å²) in [5.41, 5.74) is 1.29. The molecule has 0 saturated carbocycles. The second-order valence-corrected chi connectivity index (χ2v) is 4.58. The molecular weight excluding hydrogens is 272 g/mol. The molecule has 5 heteroatoms. The van der Waals surface area contributed by atoms with Gasteiger partial charge in [-0.1, -0.05) is 18.2 Å². The van der Waals surface area contributed by atoms with Crippen LogP contribution in [-0.4, -0.2) is 45.9 Å². The summed E-state index contributed by atoms with van der Waals surface area (Å²) in [6.07, 6.45) is 2.24. The molecule has 1 aromatic heterocycles. The van der Waals surface area contributed by atoms with E-state index < -0.39 is 0 Å². The maximum absolute atomic E-state index is 12.1. The van der Waals surface area contributed by atoms with Gasteiger partial charge < -0.3 is 18.6 Å². The number of benzene rings is 1. The van der Waals surface area contributed by atoms with Gasteiger partial charge >= 0.3 is 0 Å². The fourth-order valence-corrected chi connectivity index (χ4v) is 1.94. The zero-order valence-electron chi connectivity index (χ0n) is 12.2. The number of Topliss-reactive ketones (excluding diaryl/α,β-unsaturated/α-hetero) is 1. The lowest BCUT2D eigenvalue weighted by atomic mass is 10.1. The fraction of sp³-hybridized carbons (Fsp3) is 0.438. The molecule has 21 heavy (non-hydrogen) atoms. The van der Waals surface area contributed by atoms with Gasteiger partial charge in [-0.25, -0.2) is 0 Å². The Bertz CT molecular complexity index is 561. The van der Waals surface area contributed by atoms with E-state index in [2.05, 4.69) is 0 Å². The number of methoxy groups -OCH3 is 1. The van der Waals surface area contributed by atoms with Crippen molar-refractivity contribution >= 4 is 16.8 Å². The van der Waals surface area contributed by atoms with Crippen LogP contribution in [0.4, 0.5) is 0 Å². The Morgan fingerprint density at radius 3 is 2.76 bits per heavy atom. The molecule has 5 nitrogen and oxygen atoms in total. The van der Waals surface area contributed by atoms with Crippen molar-refractivity contribution in [3.63, 3.8) is 0 Å². The molecule has 0 N–H and O–H groups in total. The number of carbonyl (C=O) groups excluding carboxylic acids is 1.